The first-order valence-electron chi connectivity index (χ1n) is 15.4. The van der Waals surface area contributed by atoms with Crippen LogP contribution < -0.4 is 14.4 Å². The summed E-state index contributed by atoms with van der Waals surface area (Å²) in [6.07, 6.45) is 0.891. The van der Waals surface area contributed by atoms with E-state index in [1.807, 2.05) is 50.2 Å². The number of para-hydroxylation sites is 2. The number of ether oxygens (including phenoxy) is 1. The van der Waals surface area contributed by atoms with Crippen LogP contribution in [0, 0.1) is 0 Å². The lowest BCUT2D eigenvalue weighted by Gasteiger charge is -2.34. The highest BCUT2D eigenvalue weighted by molar-refractivity contribution is 7.92. The van der Waals surface area contributed by atoms with Crippen LogP contribution in [0.1, 0.15) is 38.3 Å². The van der Waals surface area contributed by atoms with Crippen LogP contribution in [0.5, 0.6) is 5.75 Å². The molecule has 0 unspecified atom stereocenters. The summed E-state index contributed by atoms with van der Waals surface area (Å²) in [5.41, 5.74) is 1.71. The SMILES string of the molecule is CCOc1ccccc1N(CC(=O)N(Cc1cccc(Cl)c1)[C@@H](Cc1ccccc1)C(=O)N[C@H](C)CC)S(=O)(=O)c1ccc(Cl)cc1. The Morgan fingerprint density at radius 2 is 1.49 bits per heavy atom. The van der Waals surface area contributed by atoms with Gasteiger partial charge >= 0.3 is 0 Å². The number of nitrogens with one attached hydrogen (secondary N) is 1. The molecule has 0 radical (unpaired) electrons. The van der Waals surface area contributed by atoms with E-state index in [1.165, 1.54) is 29.2 Å². The zero-order chi connectivity index (χ0) is 34.0. The Kier molecular flexibility index (Phi) is 12.7. The van der Waals surface area contributed by atoms with E-state index in [-0.39, 0.29) is 47.9 Å². The Morgan fingerprint density at radius 3 is 2.15 bits per heavy atom. The van der Waals surface area contributed by atoms with Crippen LogP contribution in [0.15, 0.2) is 108 Å². The molecular formula is C36H39Cl2N3O5S. The van der Waals surface area contributed by atoms with Gasteiger partial charge in [-0.3, -0.25) is 13.9 Å². The average Bonchev–Trinajstić information content (AvgIpc) is 3.06. The molecule has 4 aromatic carbocycles. The molecule has 2 atom stereocenters. The molecular weight excluding hydrogens is 657 g/mol. The van der Waals surface area contributed by atoms with Crippen LogP contribution in [0.2, 0.25) is 10.0 Å². The summed E-state index contributed by atoms with van der Waals surface area (Å²) in [6.45, 7) is 5.31. The number of hydrogen-bond acceptors (Lipinski definition) is 5. The van der Waals surface area contributed by atoms with Gasteiger partial charge in [0.1, 0.15) is 18.3 Å². The van der Waals surface area contributed by atoms with Crippen LogP contribution in [0.3, 0.4) is 0 Å². The summed E-state index contributed by atoms with van der Waals surface area (Å²) < 4.78 is 35.4. The molecule has 0 bridgehead atoms. The predicted molar refractivity (Wildman–Crippen MR) is 187 cm³/mol. The zero-order valence-corrected chi connectivity index (χ0v) is 28.9. The lowest BCUT2D eigenvalue weighted by Crippen LogP contribution is -2.54. The monoisotopic (exact) mass is 695 g/mol. The smallest absolute Gasteiger partial charge is 0.264 e. The van der Waals surface area contributed by atoms with Crippen LogP contribution in [0.4, 0.5) is 5.69 Å². The Hall–Kier alpha value is -4.05. The predicted octanol–water partition coefficient (Wildman–Crippen LogP) is 7.14. The van der Waals surface area contributed by atoms with E-state index in [9.17, 15) is 18.0 Å². The minimum absolute atomic E-state index is 0.00671. The van der Waals surface area contributed by atoms with Crippen molar-refractivity contribution in [3.8, 4) is 5.75 Å². The second-order valence-corrected chi connectivity index (χ2v) is 13.8. The van der Waals surface area contributed by atoms with Gasteiger partial charge < -0.3 is 15.0 Å². The van der Waals surface area contributed by atoms with Gasteiger partial charge in [0.05, 0.1) is 17.2 Å². The van der Waals surface area contributed by atoms with Gasteiger partial charge in [0.15, 0.2) is 0 Å². The molecule has 2 amide bonds. The third kappa shape index (κ3) is 9.50. The second-order valence-electron chi connectivity index (χ2n) is 11.0. The molecule has 248 valence electrons. The van der Waals surface area contributed by atoms with E-state index in [2.05, 4.69) is 5.32 Å². The maximum absolute atomic E-state index is 14.7. The fourth-order valence-corrected chi connectivity index (χ4v) is 6.78. The molecule has 4 rings (SSSR count). The standard InChI is InChI=1S/C36H39Cl2N3O5S/c1-4-26(3)39-36(43)33(23-27-12-7-6-8-13-27)40(24-28-14-11-15-30(38)22-28)35(42)25-41(32-16-9-10-17-34(32)46-5-2)47(44,45)31-20-18-29(37)19-21-31/h6-22,26,33H,4-5,23-25H2,1-3H3,(H,39,43)/t26-,33+/m1/s1. The van der Waals surface area contributed by atoms with Gasteiger partial charge in [0.2, 0.25) is 11.8 Å². The number of carbonyl (C=O) groups excluding carboxylic acids is 2. The van der Waals surface area contributed by atoms with Gasteiger partial charge in [-0.2, -0.15) is 0 Å². The van der Waals surface area contributed by atoms with Crippen LogP contribution >= 0.6 is 23.2 Å². The van der Waals surface area contributed by atoms with Crippen LogP contribution in [0.25, 0.3) is 0 Å². The van der Waals surface area contributed by atoms with E-state index < -0.39 is 28.5 Å². The molecule has 0 aliphatic rings. The third-order valence-corrected chi connectivity index (χ3v) is 9.89. The van der Waals surface area contributed by atoms with Crippen LogP contribution in [-0.2, 0) is 32.6 Å². The topological polar surface area (TPSA) is 96.0 Å². The largest absolute Gasteiger partial charge is 0.492 e. The number of halogens is 2. The number of hydrogen-bond donors (Lipinski definition) is 1. The number of anilines is 1. The highest BCUT2D eigenvalue weighted by Crippen LogP contribution is 2.33. The van der Waals surface area contributed by atoms with Crippen molar-refractivity contribution in [3.63, 3.8) is 0 Å². The Labute approximate surface area is 287 Å². The van der Waals surface area contributed by atoms with Gasteiger partial charge in [-0.1, -0.05) is 84.7 Å². The second kappa shape index (κ2) is 16.7. The van der Waals surface area contributed by atoms with Gasteiger partial charge in [-0.25, -0.2) is 8.42 Å². The molecule has 11 heteroatoms. The minimum Gasteiger partial charge on any atom is -0.492 e. The number of rotatable bonds is 15. The normalized spacial score (nSPS) is 12.5. The van der Waals surface area contributed by atoms with Gasteiger partial charge in [0.25, 0.3) is 10.0 Å². The van der Waals surface area contributed by atoms with Crippen molar-refractivity contribution >= 4 is 50.7 Å². The highest BCUT2D eigenvalue weighted by atomic mass is 35.5. The number of sulfonamides is 1. The van der Waals surface area contributed by atoms with Crippen molar-refractivity contribution < 1.29 is 22.7 Å². The number of nitrogens with zero attached hydrogens (tertiary/aromatic N) is 2. The third-order valence-electron chi connectivity index (χ3n) is 7.63. The van der Waals surface area contributed by atoms with Crippen molar-refractivity contribution in [2.45, 2.75) is 57.1 Å². The Morgan fingerprint density at radius 1 is 0.830 bits per heavy atom. The minimum atomic E-state index is -4.32. The van der Waals surface area contributed by atoms with Crippen molar-refractivity contribution in [3.05, 3.63) is 124 Å². The molecule has 0 aliphatic carbocycles. The van der Waals surface area contributed by atoms with E-state index in [0.29, 0.717) is 22.0 Å². The molecule has 1 N–H and O–H groups in total. The molecule has 0 fully saturated rings. The fraction of sp³-hybridized carbons (Fsp3) is 0.278. The summed E-state index contributed by atoms with van der Waals surface area (Å²) in [5.74, 6) is -0.647. The van der Waals surface area contributed by atoms with Gasteiger partial charge in [-0.15, -0.1) is 0 Å². The first-order chi connectivity index (χ1) is 22.5. The Bertz CT molecular complexity index is 1750. The summed E-state index contributed by atoms with van der Waals surface area (Å²) in [6, 6.07) is 27.7. The highest BCUT2D eigenvalue weighted by Gasteiger charge is 2.36. The van der Waals surface area contributed by atoms with Crippen molar-refractivity contribution in [1.29, 1.82) is 0 Å². The maximum atomic E-state index is 14.7. The molecule has 4 aromatic rings. The Balaban J connectivity index is 1.84. The lowest BCUT2D eigenvalue weighted by atomic mass is 10.0. The quantitative estimate of drug-likeness (QED) is 0.143. The maximum Gasteiger partial charge on any atom is 0.264 e. The van der Waals surface area contributed by atoms with Crippen molar-refractivity contribution in [2.75, 3.05) is 17.5 Å². The van der Waals surface area contributed by atoms with Crippen molar-refractivity contribution in [1.82, 2.24) is 10.2 Å². The van der Waals surface area contributed by atoms with Crippen molar-refractivity contribution in [2.24, 2.45) is 0 Å². The van der Waals surface area contributed by atoms with E-state index in [1.54, 1.807) is 49.4 Å². The van der Waals surface area contributed by atoms with Crippen LogP contribution in [-0.4, -0.2) is 50.4 Å². The molecule has 47 heavy (non-hydrogen) atoms. The number of amides is 2. The molecule has 0 heterocycles. The average molecular weight is 697 g/mol. The summed E-state index contributed by atoms with van der Waals surface area (Å²) in [7, 11) is -4.32. The zero-order valence-electron chi connectivity index (χ0n) is 26.6. The summed E-state index contributed by atoms with van der Waals surface area (Å²) in [5, 5.41) is 3.87. The molecule has 0 aromatic heterocycles. The summed E-state index contributed by atoms with van der Waals surface area (Å²) in [4.78, 5) is 30.0. The first kappa shape index (κ1) is 35.8. The molecule has 0 saturated carbocycles. The molecule has 0 saturated heterocycles. The fourth-order valence-electron chi connectivity index (χ4n) is 5.01. The van der Waals surface area contributed by atoms with E-state index in [4.69, 9.17) is 27.9 Å². The van der Waals surface area contributed by atoms with E-state index >= 15 is 0 Å². The molecule has 0 aliphatic heterocycles. The van der Waals surface area contributed by atoms with Gasteiger partial charge in [0, 0.05) is 29.1 Å². The lowest BCUT2D eigenvalue weighted by molar-refractivity contribution is -0.140. The summed E-state index contributed by atoms with van der Waals surface area (Å²) >= 11 is 12.4. The molecule has 8 nitrogen and oxygen atoms in total. The number of carbonyl (C=O) groups is 2. The number of benzene rings is 4. The van der Waals surface area contributed by atoms with E-state index in [0.717, 1.165) is 9.87 Å². The molecule has 0 spiro atoms. The van der Waals surface area contributed by atoms with Gasteiger partial charge in [-0.05, 0) is 79.9 Å². The first-order valence-corrected chi connectivity index (χ1v) is 17.6.